The van der Waals surface area contributed by atoms with Crippen molar-refractivity contribution < 1.29 is 9.59 Å². The molecule has 5 heteroatoms. The number of hydrogen-bond acceptors (Lipinski definition) is 3. The largest absolute Gasteiger partial charge is 0.348 e. The molecule has 0 radical (unpaired) electrons. The van der Waals surface area contributed by atoms with Gasteiger partial charge in [-0.3, -0.25) is 9.59 Å². The number of nitrogens with one attached hydrogen (secondary N) is 2. The minimum Gasteiger partial charge on any atom is -0.348 e. The summed E-state index contributed by atoms with van der Waals surface area (Å²) in [6, 6.07) is 0. The molecule has 1 saturated carbocycles. The molecule has 0 bridgehead atoms. The van der Waals surface area contributed by atoms with Gasteiger partial charge in [-0.1, -0.05) is 33.1 Å². The molecule has 1 rings (SSSR count). The van der Waals surface area contributed by atoms with Crippen LogP contribution in [0.1, 0.15) is 58.8 Å². The average Bonchev–Trinajstić information content (AvgIpc) is 2.34. The fraction of sp³-hybridized carbons (Fsp3) is 0.786. The van der Waals surface area contributed by atoms with Crippen LogP contribution in [0.2, 0.25) is 0 Å². The third-order valence-corrected chi connectivity index (χ3v) is 3.12. The van der Waals surface area contributed by atoms with Gasteiger partial charge in [-0.15, -0.1) is 0 Å². The van der Waals surface area contributed by atoms with Crippen molar-refractivity contribution in [1.29, 1.82) is 0 Å². The van der Waals surface area contributed by atoms with Crippen LogP contribution in [0.4, 0.5) is 0 Å². The van der Waals surface area contributed by atoms with Crippen LogP contribution in [0.15, 0.2) is 5.10 Å². The van der Waals surface area contributed by atoms with E-state index in [4.69, 9.17) is 0 Å². The second-order valence-electron chi connectivity index (χ2n) is 5.49. The molecule has 1 fully saturated rings. The zero-order chi connectivity index (χ0) is 14.1. The average molecular weight is 267 g/mol. The fourth-order valence-electron chi connectivity index (χ4n) is 1.98. The lowest BCUT2D eigenvalue weighted by atomic mass is 9.99. The van der Waals surface area contributed by atoms with Gasteiger partial charge >= 0.3 is 11.8 Å². The van der Waals surface area contributed by atoms with Gasteiger partial charge in [0.25, 0.3) is 0 Å². The number of rotatable bonds is 3. The van der Waals surface area contributed by atoms with Gasteiger partial charge in [-0.25, -0.2) is 5.43 Å². The second-order valence-corrected chi connectivity index (χ2v) is 5.49. The number of carbonyl (C=O) groups is 2. The molecule has 0 atom stereocenters. The summed E-state index contributed by atoms with van der Waals surface area (Å²) in [6.07, 6.45) is 7.82. The maximum absolute atomic E-state index is 11.5. The van der Waals surface area contributed by atoms with Gasteiger partial charge < -0.3 is 5.32 Å². The van der Waals surface area contributed by atoms with Crippen LogP contribution in [0.5, 0.6) is 0 Å². The van der Waals surface area contributed by atoms with E-state index in [1.54, 1.807) is 0 Å². The maximum atomic E-state index is 11.5. The molecule has 2 N–H and O–H groups in total. The third-order valence-electron chi connectivity index (χ3n) is 3.12. The Morgan fingerprint density at radius 3 is 2.21 bits per heavy atom. The van der Waals surface area contributed by atoms with Crippen LogP contribution < -0.4 is 10.7 Å². The Balaban J connectivity index is 2.35. The van der Waals surface area contributed by atoms with Gasteiger partial charge in [0.15, 0.2) is 0 Å². The minimum absolute atomic E-state index is 0.327. The number of hydrogen-bond donors (Lipinski definition) is 2. The first-order valence-electron chi connectivity index (χ1n) is 7.23. The van der Waals surface area contributed by atoms with Gasteiger partial charge in [-0.05, 0) is 31.6 Å². The van der Waals surface area contributed by atoms with Crippen LogP contribution in [0, 0.1) is 5.92 Å². The molecule has 2 amide bonds. The zero-order valence-corrected chi connectivity index (χ0v) is 12.0. The Morgan fingerprint density at radius 1 is 1.05 bits per heavy atom. The van der Waals surface area contributed by atoms with Crippen molar-refractivity contribution in [2.75, 3.05) is 6.54 Å². The number of amides is 2. The molecule has 0 aliphatic heterocycles. The first-order chi connectivity index (χ1) is 9.09. The monoisotopic (exact) mass is 267 g/mol. The van der Waals surface area contributed by atoms with E-state index in [9.17, 15) is 9.59 Å². The van der Waals surface area contributed by atoms with E-state index in [2.05, 4.69) is 15.8 Å². The predicted molar refractivity (Wildman–Crippen MR) is 75.7 cm³/mol. The lowest BCUT2D eigenvalue weighted by Gasteiger charge is -2.11. The fourth-order valence-corrected chi connectivity index (χ4v) is 1.98. The highest BCUT2D eigenvalue weighted by atomic mass is 16.2. The van der Waals surface area contributed by atoms with E-state index >= 15 is 0 Å². The molecule has 0 heterocycles. The van der Waals surface area contributed by atoms with E-state index in [1.807, 2.05) is 13.8 Å². The third kappa shape index (κ3) is 6.94. The van der Waals surface area contributed by atoms with Crippen molar-refractivity contribution in [1.82, 2.24) is 10.7 Å². The van der Waals surface area contributed by atoms with Crippen LogP contribution >= 0.6 is 0 Å². The first kappa shape index (κ1) is 15.7. The SMILES string of the molecule is CC(C)CNC(=O)C(=O)NN=C1CCCCCCC1. The molecule has 0 spiro atoms. The normalized spacial score (nSPS) is 16.5. The number of hydrazone groups is 1. The van der Waals surface area contributed by atoms with Crippen LogP contribution in [-0.4, -0.2) is 24.1 Å². The second kappa shape index (κ2) is 8.67. The summed E-state index contributed by atoms with van der Waals surface area (Å²) in [5.41, 5.74) is 3.37. The summed E-state index contributed by atoms with van der Waals surface area (Å²) in [5.74, 6) is -0.951. The molecule has 1 aliphatic carbocycles. The van der Waals surface area contributed by atoms with Crippen molar-refractivity contribution in [2.45, 2.75) is 58.8 Å². The Kier molecular flexibility index (Phi) is 7.15. The summed E-state index contributed by atoms with van der Waals surface area (Å²) < 4.78 is 0. The van der Waals surface area contributed by atoms with E-state index in [1.165, 1.54) is 19.3 Å². The van der Waals surface area contributed by atoms with Gasteiger partial charge in [0.2, 0.25) is 0 Å². The molecule has 1 aliphatic rings. The van der Waals surface area contributed by atoms with Gasteiger partial charge in [0, 0.05) is 12.3 Å². The summed E-state index contributed by atoms with van der Waals surface area (Å²) in [6.45, 7) is 4.46. The highest BCUT2D eigenvalue weighted by Gasteiger charge is 2.13. The van der Waals surface area contributed by atoms with Crippen molar-refractivity contribution in [3.05, 3.63) is 0 Å². The van der Waals surface area contributed by atoms with E-state index in [0.717, 1.165) is 31.4 Å². The Labute approximate surface area is 115 Å². The Morgan fingerprint density at radius 2 is 1.63 bits per heavy atom. The molecule has 108 valence electrons. The molecular weight excluding hydrogens is 242 g/mol. The highest BCUT2D eigenvalue weighted by Crippen LogP contribution is 2.14. The predicted octanol–water partition coefficient (Wildman–Crippen LogP) is 1.98. The molecule has 0 aromatic rings. The quantitative estimate of drug-likeness (QED) is 0.606. The van der Waals surface area contributed by atoms with Crippen molar-refractivity contribution in [3.63, 3.8) is 0 Å². The highest BCUT2D eigenvalue weighted by molar-refractivity contribution is 6.35. The lowest BCUT2D eigenvalue weighted by Crippen LogP contribution is -2.39. The summed E-state index contributed by atoms with van der Waals surface area (Å²) in [7, 11) is 0. The van der Waals surface area contributed by atoms with Crippen molar-refractivity contribution >= 4 is 17.5 Å². The van der Waals surface area contributed by atoms with Crippen molar-refractivity contribution in [2.24, 2.45) is 11.0 Å². The topological polar surface area (TPSA) is 70.6 Å². The van der Waals surface area contributed by atoms with Gasteiger partial charge in [0.1, 0.15) is 0 Å². The molecular formula is C14H25N3O2. The summed E-state index contributed by atoms with van der Waals surface area (Å²) >= 11 is 0. The zero-order valence-electron chi connectivity index (χ0n) is 12.0. The van der Waals surface area contributed by atoms with Gasteiger partial charge in [-0.2, -0.15) is 5.10 Å². The smallest absolute Gasteiger partial charge is 0.329 e. The summed E-state index contributed by atoms with van der Waals surface area (Å²) in [5, 5.41) is 6.66. The molecule has 19 heavy (non-hydrogen) atoms. The Bertz CT molecular complexity index is 328. The van der Waals surface area contributed by atoms with Crippen LogP contribution in [-0.2, 0) is 9.59 Å². The van der Waals surface area contributed by atoms with E-state index < -0.39 is 11.8 Å². The molecule has 0 saturated heterocycles. The molecule has 0 unspecified atom stereocenters. The minimum atomic E-state index is -0.671. The lowest BCUT2D eigenvalue weighted by molar-refractivity contribution is -0.139. The summed E-state index contributed by atoms with van der Waals surface area (Å²) in [4.78, 5) is 23.0. The van der Waals surface area contributed by atoms with E-state index in [-0.39, 0.29) is 0 Å². The van der Waals surface area contributed by atoms with Crippen molar-refractivity contribution in [3.8, 4) is 0 Å². The van der Waals surface area contributed by atoms with Gasteiger partial charge in [0.05, 0.1) is 0 Å². The van der Waals surface area contributed by atoms with Crippen LogP contribution in [0.3, 0.4) is 0 Å². The maximum Gasteiger partial charge on any atom is 0.329 e. The standard InChI is InChI=1S/C14H25N3O2/c1-11(2)10-15-13(18)14(19)17-16-12-8-6-4-3-5-7-9-12/h11H,3-10H2,1-2H3,(H,15,18)(H,17,19). The number of nitrogens with zero attached hydrogens (tertiary/aromatic N) is 1. The number of carbonyl (C=O) groups excluding carboxylic acids is 2. The molecule has 0 aromatic heterocycles. The molecule has 0 aromatic carbocycles. The van der Waals surface area contributed by atoms with Crippen LogP contribution in [0.25, 0.3) is 0 Å². The Hall–Kier alpha value is -1.39. The first-order valence-corrected chi connectivity index (χ1v) is 7.23. The molecule has 5 nitrogen and oxygen atoms in total. The van der Waals surface area contributed by atoms with E-state index in [0.29, 0.717) is 12.5 Å².